The van der Waals surface area contributed by atoms with Gasteiger partial charge >= 0.3 is 5.97 Å². The van der Waals surface area contributed by atoms with Crippen LogP contribution in [0.3, 0.4) is 0 Å². The Morgan fingerprint density at radius 1 is 1.29 bits per heavy atom. The lowest BCUT2D eigenvalue weighted by Crippen LogP contribution is -2.24. The quantitative estimate of drug-likeness (QED) is 0.842. The molecule has 1 unspecified atom stereocenters. The second kappa shape index (κ2) is 7.09. The summed E-state index contributed by atoms with van der Waals surface area (Å²) in [4.78, 5) is 12.1. The molecule has 1 N–H and O–H groups in total. The number of carbonyl (C=O) groups is 1. The smallest absolute Gasteiger partial charge is 0.333 e. The first-order chi connectivity index (χ1) is 10.1. The van der Waals surface area contributed by atoms with Crippen LogP contribution in [0.25, 0.3) is 0 Å². The SMILES string of the molecule is CCOC(=O)C(Nc1ccccc1)c1ccc(Cl)cc1F. The summed E-state index contributed by atoms with van der Waals surface area (Å²) in [6.45, 7) is 1.93. The summed E-state index contributed by atoms with van der Waals surface area (Å²) in [7, 11) is 0. The molecule has 5 heteroatoms. The molecule has 110 valence electrons. The van der Waals surface area contributed by atoms with E-state index in [1.807, 2.05) is 18.2 Å². The van der Waals surface area contributed by atoms with Crippen molar-refractivity contribution in [2.45, 2.75) is 13.0 Å². The largest absolute Gasteiger partial charge is 0.464 e. The number of hydrogen-bond acceptors (Lipinski definition) is 3. The Morgan fingerprint density at radius 3 is 2.62 bits per heavy atom. The first kappa shape index (κ1) is 15.3. The van der Waals surface area contributed by atoms with Gasteiger partial charge in [-0.2, -0.15) is 0 Å². The third-order valence-electron chi connectivity index (χ3n) is 2.88. The molecule has 2 aromatic carbocycles. The van der Waals surface area contributed by atoms with E-state index in [2.05, 4.69) is 5.32 Å². The van der Waals surface area contributed by atoms with Crippen molar-refractivity contribution < 1.29 is 13.9 Å². The molecule has 0 bridgehead atoms. The van der Waals surface area contributed by atoms with Crippen LogP contribution in [-0.2, 0) is 9.53 Å². The fourth-order valence-corrected chi connectivity index (χ4v) is 2.08. The molecule has 0 aliphatic carbocycles. The molecule has 3 nitrogen and oxygen atoms in total. The van der Waals surface area contributed by atoms with Crippen LogP contribution < -0.4 is 5.32 Å². The van der Waals surface area contributed by atoms with Crippen molar-refractivity contribution in [3.8, 4) is 0 Å². The van der Waals surface area contributed by atoms with E-state index in [-0.39, 0.29) is 17.2 Å². The molecule has 0 saturated carbocycles. The van der Waals surface area contributed by atoms with Gasteiger partial charge in [-0.1, -0.05) is 35.9 Å². The van der Waals surface area contributed by atoms with Crippen LogP contribution >= 0.6 is 11.6 Å². The predicted molar refractivity (Wildman–Crippen MR) is 80.8 cm³/mol. The lowest BCUT2D eigenvalue weighted by Gasteiger charge is -2.19. The van der Waals surface area contributed by atoms with Crippen LogP contribution in [0.5, 0.6) is 0 Å². The standard InChI is InChI=1S/C16H15ClFNO2/c1-2-21-16(20)15(19-12-6-4-3-5-7-12)13-9-8-11(17)10-14(13)18/h3-10,15,19H,2H2,1H3. The van der Waals surface area contributed by atoms with Gasteiger partial charge in [0.25, 0.3) is 0 Å². The minimum Gasteiger partial charge on any atom is -0.464 e. The van der Waals surface area contributed by atoms with Gasteiger partial charge in [-0.25, -0.2) is 9.18 Å². The van der Waals surface area contributed by atoms with E-state index in [0.717, 1.165) is 0 Å². The zero-order valence-corrected chi connectivity index (χ0v) is 12.2. The summed E-state index contributed by atoms with van der Waals surface area (Å²) >= 11 is 5.75. The number of carbonyl (C=O) groups excluding carboxylic acids is 1. The van der Waals surface area contributed by atoms with E-state index in [1.54, 1.807) is 25.1 Å². The fraction of sp³-hybridized carbons (Fsp3) is 0.188. The Hall–Kier alpha value is -2.07. The van der Waals surface area contributed by atoms with Gasteiger partial charge in [0.15, 0.2) is 6.04 Å². The molecule has 1 atom stereocenters. The summed E-state index contributed by atoms with van der Waals surface area (Å²) in [5, 5.41) is 3.26. The van der Waals surface area contributed by atoms with Crippen molar-refractivity contribution in [1.29, 1.82) is 0 Å². The van der Waals surface area contributed by atoms with Gasteiger partial charge in [0, 0.05) is 16.3 Å². The summed E-state index contributed by atoms with van der Waals surface area (Å²) in [6, 6.07) is 12.4. The molecule has 2 rings (SSSR count). The minimum absolute atomic E-state index is 0.196. The summed E-state index contributed by atoms with van der Waals surface area (Å²) in [6.07, 6.45) is 0. The van der Waals surface area contributed by atoms with Gasteiger partial charge in [-0.3, -0.25) is 0 Å². The van der Waals surface area contributed by atoms with E-state index in [9.17, 15) is 9.18 Å². The Labute approximate surface area is 127 Å². The topological polar surface area (TPSA) is 38.3 Å². The van der Waals surface area contributed by atoms with Crippen LogP contribution in [-0.4, -0.2) is 12.6 Å². The molecule has 0 aliphatic heterocycles. The number of rotatable bonds is 5. The molecular formula is C16H15ClFNO2. The summed E-state index contributed by atoms with van der Waals surface area (Å²) in [5.74, 6) is -1.09. The van der Waals surface area contributed by atoms with Crippen LogP contribution in [0.1, 0.15) is 18.5 Å². The highest BCUT2D eigenvalue weighted by atomic mass is 35.5. The molecule has 0 aliphatic rings. The van der Waals surface area contributed by atoms with Crippen LogP contribution in [0.15, 0.2) is 48.5 Å². The number of halogens is 2. The molecule has 0 fully saturated rings. The van der Waals surface area contributed by atoms with Gasteiger partial charge in [0.05, 0.1) is 6.61 Å². The van der Waals surface area contributed by atoms with Crippen LogP contribution in [0.4, 0.5) is 10.1 Å². The van der Waals surface area contributed by atoms with Crippen molar-refractivity contribution in [3.63, 3.8) is 0 Å². The highest BCUT2D eigenvalue weighted by Gasteiger charge is 2.25. The van der Waals surface area contributed by atoms with Crippen molar-refractivity contribution in [1.82, 2.24) is 0 Å². The van der Waals surface area contributed by atoms with Gasteiger partial charge in [0.1, 0.15) is 5.82 Å². The highest BCUT2D eigenvalue weighted by molar-refractivity contribution is 6.30. The molecular weight excluding hydrogens is 293 g/mol. The average molecular weight is 308 g/mol. The minimum atomic E-state index is -0.926. The van der Waals surface area contributed by atoms with E-state index < -0.39 is 17.8 Å². The number of para-hydroxylation sites is 1. The second-order valence-electron chi connectivity index (χ2n) is 4.36. The van der Waals surface area contributed by atoms with Crippen LogP contribution in [0, 0.1) is 5.82 Å². The van der Waals surface area contributed by atoms with E-state index in [4.69, 9.17) is 16.3 Å². The first-order valence-corrected chi connectivity index (χ1v) is 6.92. The monoisotopic (exact) mass is 307 g/mol. The number of nitrogens with one attached hydrogen (secondary N) is 1. The summed E-state index contributed by atoms with van der Waals surface area (Å²) in [5.41, 5.74) is 0.895. The van der Waals surface area contributed by atoms with Gasteiger partial charge in [-0.15, -0.1) is 0 Å². The predicted octanol–water partition coefficient (Wildman–Crippen LogP) is 4.20. The van der Waals surface area contributed by atoms with Crippen molar-refractivity contribution in [3.05, 3.63) is 64.9 Å². The van der Waals surface area contributed by atoms with Crippen molar-refractivity contribution in [2.75, 3.05) is 11.9 Å². The van der Waals surface area contributed by atoms with Crippen molar-refractivity contribution in [2.24, 2.45) is 0 Å². The normalized spacial score (nSPS) is 11.8. The molecule has 21 heavy (non-hydrogen) atoms. The van der Waals surface area contributed by atoms with E-state index in [1.165, 1.54) is 12.1 Å². The Kier molecular flexibility index (Phi) is 5.17. The number of ether oxygens (including phenoxy) is 1. The average Bonchev–Trinajstić information content (AvgIpc) is 2.47. The third-order valence-corrected chi connectivity index (χ3v) is 3.12. The Morgan fingerprint density at radius 2 is 2.00 bits per heavy atom. The third kappa shape index (κ3) is 3.95. The molecule has 0 radical (unpaired) electrons. The number of esters is 1. The maximum absolute atomic E-state index is 14.1. The van der Waals surface area contributed by atoms with Gasteiger partial charge in [-0.05, 0) is 31.2 Å². The maximum Gasteiger partial charge on any atom is 0.333 e. The lowest BCUT2D eigenvalue weighted by molar-refractivity contribution is -0.144. The maximum atomic E-state index is 14.1. The van der Waals surface area contributed by atoms with Crippen LogP contribution in [0.2, 0.25) is 5.02 Å². The number of benzene rings is 2. The molecule has 0 aromatic heterocycles. The molecule has 0 amide bonds. The number of hydrogen-bond donors (Lipinski definition) is 1. The number of anilines is 1. The molecule has 0 heterocycles. The fourth-order valence-electron chi connectivity index (χ4n) is 1.93. The van der Waals surface area contributed by atoms with E-state index >= 15 is 0 Å². The highest BCUT2D eigenvalue weighted by Crippen LogP contribution is 2.25. The molecule has 2 aromatic rings. The molecule has 0 spiro atoms. The second-order valence-corrected chi connectivity index (χ2v) is 4.80. The van der Waals surface area contributed by atoms with E-state index in [0.29, 0.717) is 5.69 Å². The Bertz CT molecular complexity index is 619. The zero-order chi connectivity index (χ0) is 15.2. The summed E-state index contributed by atoms with van der Waals surface area (Å²) < 4.78 is 19.1. The zero-order valence-electron chi connectivity index (χ0n) is 11.5. The van der Waals surface area contributed by atoms with Crippen molar-refractivity contribution >= 4 is 23.3 Å². The Balaban J connectivity index is 2.33. The van der Waals surface area contributed by atoms with Gasteiger partial charge in [0.2, 0.25) is 0 Å². The lowest BCUT2D eigenvalue weighted by atomic mass is 10.1. The first-order valence-electron chi connectivity index (χ1n) is 6.55. The van der Waals surface area contributed by atoms with Gasteiger partial charge < -0.3 is 10.1 Å². The molecule has 0 saturated heterocycles.